The minimum absolute atomic E-state index is 0.739. The summed E-state index contributed by atoms with van der Waals surface area (Å²) in [7, 11) is 0. The normalized spacial score (nSPS) is 20.5. The highest BCUT2D eigenvalue weighted by molar-refractivity contribution is 7.13. The third kappa shape index (κ3) is 3.97. The number of rotatable bonds is 5. The summed E-state index contributed by atoms with van der Waals surface area (Å²) in [6.07, 6.45) is 5.93. The SMILES string of the molecule is CC(=NCCC1=CCC2CC2c2ccc(Cl)cc21)c1ccc(-c2cccs2)cc1. The van der Waals surface area contributed by atoms with Gasteiger partial charge in [0.1, 0.15) is 0 Å². The van der Waals surface area contributed by atoms with Crippen LogP contribution in [0.5, 0.6) is 0 Å². The number of allylic oxidation sites excluding steroid dienone is 1. The Kier molecular flexibility index (Phi) is 5.15. The molecule has 0 bridgehead atoms. The summed E-state index contributed by atoms with van der Waals surface area (Å²) in [4.78, 5) is 6.19. The zero-order valence-electron chi connectivity index (χ0n) is 16.6. The van der Waals surface area contributed by atoms with Gasteiger partial charge >= 0.3 is 0 Å². The Labute approximate surface area is 181 Å². The van der Waals surface area contributed by atoms with Crippen LogP contribution in [0.1, 0.15) is 48.8 Å². The van der Waals surface area contributed by atoms with Crippen LogP contribution in [-0.4, -0.2) is 12.3 Å². The Balaban J connectivity index is 1.29. The van der Waals surface area contributed by atoms with Crippen molar-refractivity contribution in [3.05, 3.63) is 87.8 Å². The van der Waals surface area contributed by atoms with Crippen molar-refractivity contribution in [1.82, 2.24) is 0 Å². The number of thiophene rings is 1. The van der Waals surface area contributed by atoms with Crippen molar-refractivity contribution < 1.29 is 0 Å². The minimum Gasteiger partial charge on any atom is -0.289 e. The molecule has 1 aromatic heterocycles. The van der Waals surface area contributed by atoms with Crippen LogP contribution in [-0.2, 0) is 0 Å². The number of aliphatic imine (C=N–C) groups is 1. The monoisotopic (exact) mass is 417 g/mol. The molecule has 1 nitrogen and oxygen atoms in total. The molecule has 146 valence electrons. The maximum atomic E-state index is 6.32. The van der Waals surface area contributed by atoms with Crippen LogP contribution in [0, 0.1) is 5.92 Å². The molecule has 2 aliphatic carbocycles. The van der Waals surface area contributed by atoms with E-state index in [1.54, 1.807) is 11.3 Å². The third-order valence-corrected chi connectivity index (χ3v) is 7.34. The molecule has 0 spiro atoms. The van der Waals surface area contributed by atoms with Gasteiger partial charge < -0.3 is 0 Å². The van der Waals surface area contributed by atoms with Crippen LogP contribution in [0.4, 0.5) is 0 Å². The van der Waals surface area contributed by atoms with E-state index in [1.807, 2.05) is 6.07 Å². The molecule has 0 aliphatic heterocycles. The van der Waals surface area contributed by atoms with E-state index in [-0.39, 0.29) is 0 Å². The second-order valence-electron chi connectivity index (χ2n) is 8.07. The Hall–Kier alpha value is -2.16. The molecule has 2 aromatic carbocycles. The molecule has 5 rings (SSSR count). The molecule has 29 heavy (non-hydrogen) atoms. The highest BCUT2D eigenvalue weighted by Crippen LogP contribution is 2.54. The number of hydrogen-bond acceptors (Lipinski definition) is 2. The summed E-state index contributed by atoms with van der Waals surface area (Å²) in [5, 5.41) is 2.95. The lowest BCUT2D eigenvalue weighted by molar-refractivity contribution is 0.826. The van der Waals surface area contributed by atoms with Crippen LogP contribution in [0.2, 0.25) is 5.02 Å². The first-order valence-electron chi connectivity index (χ1n) is 10.3. The van der Waals surface area contributed by atoms with Gasteiger partial charge in [0.05, 0.1) is 0 Å². The predicted molar refractivity (Wildman–Crippen MR) is 126 cm³/mol. The smallest absolute Gasteiger partial charge is 0.0433 e. The largest absolute Gasteiger partial charge is 0.289 e. The first kappa shape index (κ1) is 18.8. The van der Waals surface area contributed by atoms with Crippen LogP contribution in [0.25, 0.3) is 16.0 Å². The summed E-state index contributed by atoms with van der Waals surface area (Å²) < 4.78 is 0. The molecule has 2 atom stereocenters. The summed E-state index contributed by atoms with van der Waals surface area (Å²) in [5.41, 5.74) is 7.84. The molecule has 0 N–H and O–H groups in total. The average Bonchev–Trinajstić information content (AvgIpc) is 3.32. The van der Waals surface area contributed by atoms with Crippen LogP contribution in [0.15, 0.2) is 71.0 Å². The molecular weight excluding hydrogens is 394 g/mol. The number of benzene rings is 2. The van der Waals surface area contributed by atoms with E-state index in [2.05, 4.69) is 66.9 Å². The summed E-state index contributed by atoms with van der Waals surface area (Å²) in [5.74, 6) is 1.57. The lowest BCUT2D eigenvalue weighted by Crippen LogP contribution is -1.98. The topological polar surface area (TPSA) is 12.4 Å². The molecule has 1 heterocycles. The Morgan fingerprint density at radius 2 is 2.00 bits per heavy atom. The summed E-state index contributed by atoms with van der Waals surface area (Å²) in [6.45, 7) is 2.92. The fourth-order valence-electron chi connectivity index (χ4n) is 4.41. The maximum absolute atomic E-state index is 6.32. The summed E-state index contributed by atoms with van der Waals surface area (Å²) >= 11 is 8.09. The zero-order valence-corrected chi connectivity index (χ0v) is 18.1. The highest BCUT2D eigenvalue weighted by Gasteiger charge is 2.40. The summed E-state index contributed by atoms with van der Waals surface area (Å²) in [6, 6.07) is 19.4. The molecule has 0 saturated heterocycles. The van der Waals surface area contributed by atoms with Crippen molar-refractivity contribution in [3.63, 3.8) is 0 Å². The second kappa shape index (κ2) is 7.93. The van der Waals surface area contributed by atoms with E-state index in [4.69, 9.17) is 16.6 Å². The van der Waals surface area contributed by atoms with Crippen molar-refractivity contribution in [3.8, 4) is 10.4 Å². The molecular formula is C26H24ClNS. The van der Waals surface area contributed by atoms with Gasteiger partial charge in [-0.05, 0) is 89.4 Å². The lowest BCUT2D eigenvalue weighted by atomic mass is 9.95. The number of fused-ring (bicyclic) bond motifs is 3. The quantitative estimate of drug-likeness (QED) is 0.374. The minimum atomic E-state index is 0.739. The van der Waals surface area contributed by atoms with Crippen LogP contribution >= 0.6 is 22.9 Å². The number of hydrogen-bond donors (Lipinski definition) is 0. The Morgan fingerprint density at radius 1 is 1.14 bits per heavy atom. The van der Waals surface area contributed by atoms with Crippen LogP contribution < -0.4 is 0 Å². The predicted octanol–water partition coefficient (Wildman–Crippen LogP) is 7.86. The first-order valence-corrected chi connectivity index (χ1v) is 11.6. The fourth-order valence-corrected chi connectivity index (χ4v) is 5.32. The van der Waals surface area contributed by atoms with Gasteiger partial charge in [0.15, 0.2) is 0 Å². The van der Waals surface area contributed by atoms with Gasteiger partial charge in [-0.25, -0.2) is 0 Å². The third-order valence-electron chi connectivity index (χ3n) is 6.19. The van der Waals surface area contributed by atoms with Gasteiger partial charge in [-0.15, -0.1) is 11.3 Å². The molecule has 1 fully saturated rings. The van der Waals surface area contributed by atoms with Crippen molar-refractivity contribution >= 4 is 34.2 Å². The second-order valence-corrected chi connectivity index (χ2v) is 9.45. The van der Waals surface area contributed by atoms with E-state index in [9.17, 15) is 0 Å². The highest BCUT2D eigenvalue weighted by atomic mass is 35.5. The Bertz CT molecular complexity index is 1080. The lowest BCUT2D eigenvalue weighted by Gasteiger charge is -2.12. The van der Waals surface area contributed by atoms with E-state index in [0.29, 0.717) is 0 Å². The van der Waals surface area contributed by atoms with Gasteiger partial charge in [0.2, 0.25) is 0 Å². The van der Waals surface area contributed by atoms with Crippen LogP contribution in [0.3, 0.4) is 0 Å². The van der Waals surface area contributed by atoms with Gasteiger partial charge in [0.25, 0.3) is 0 Å². The first-order chi connectivity index (χ1) is 14.2. The molecule has 3 heteroatoms. The average molecular weight is 418 g/mol. The molecule has 0 amide bonds. The molecule has 2 aliphatic rings. The van der Waals surface area contributed by atoms with Crippen molar-refractivity contribution in [2.45, 2.75) is 32.1 Å². The zero-order chi connectivity index (χ0) is 19.8. The van der Waals surface area contributed by atoms with Gasteiger partial charge in [-0.2, -0.15) is 0 Å². The van der Waals surface area contributed by atoms with E-state index in [1.165, 1.54) is 45.5 Å². The molecule has 3 aromatic rings. The van der Waals surface area contributed by atoms with E-state index < -0.39 is 0 Å². The fraction of sp³-hybridized carbons (Fsp3) is 0.269. The van der Waals surface area contributed by atoms with Gasteiger partial charge in [-0.1, -0.05) is 54.1 Å². The van der Waals surface area contributed by atoms with Gasteiger partial charge in [0, 0.05) is 22.2 Å². The number of halogens is 1. The number of nitrogens with zero attached hydrogens (tertiary/aromatic N) is 1. The maximum Gasteiger partial charge on any atom is 0.0433 e. The van der Waals surface area contributed by atoms with E-state index in [0.717, 1.165) is 35.5 Å². The molecule has 2 unspecified atom stereocenters. The molecule has 1 saturated carbocycles. The Morgan fingerprint density at radius 3 is 2.79 bits per heavy atom. The van der Waals surface area contributed by atoms with Crippen molar-refractivity contribution in [2.75, 3.05) is 6.54 Å². The van der Waals surface area contributed by atoms with Gasteiger partial charge in [-0.3, -0.25) is 4.99 Å². The molecule has 0 radical (unpaired) electrons. The van der Waals surface area contributed by atoms with E-state index >= 15 is 0 Å². The van der Waals surface area contributed by atoms with Crippen molar-refractivity contribution in [2.24, 2.45) is 10.9 Å². The standard InChI is InChI=1S/C26H24ClNS/c1-17(18-4-7-20(8-5-18)26-3-2-14-29-26)28-13-12-19-6-9-21-15-24(21)23-11-10-22(27)16-25(19)23/h2-8,10-11,14,16,21,24H,9,12-13,15H2,1H3. The van der Waals surface area contributed by atoms with Crippen molar-refractivity contribution in [1.29, 1.82) is 0 Å².